The first-order valence-electron chi connectivity index (χ1n) is 9.50. The molecule has 0 aromatic carbocycles. The summed E-state index contributed by atoms with van der Waals surface area (Å²) in [6.07, 6.45) is 7.51. The third-order valence-corrected chi connectivity index (χ3v) is 8.91. The van der Waals surface area contributed by atoms with Gasteiger partial charge in [0.2, 0.25) is 5.78 Å². The van der Waals surface area contributed by atoms with Crippen molar-refractivity contribution in [2.45, 2.75) is 77.7 Å². The molecule has 1 unspecified atom stereocenters. The number of Topliss-reactive ketones (excluding diaryl/α,β-unsaturated/α-hetero) is 2. The van der Waals surface area contributed by atoms with E-state index in [1.54, 1.807) is 0 Å². The molecule has 0 heterocycles. The molecule has 0 aliphatic heterocycles. The van der Waals surface area contributed by atoms with Gasteiger partial charge in [-0.25, -0.2) is 0 Å². The number of carbonyl (C=O) groups excluding carboxylic acids is 2. The molecule has 4 fully saturated rings. The van der Waals surface area contributed by atoms with Gasteiger partial charge < -0.3 is 5.11 Å². The Bertz CT molecular complexity index is 565. The zero-order chi connectivity index (χ0) is 16.6. The minimum Gasteiger partial charge on any atom is -0.390 e. The molecule has 0 aromatic heterocycles. The smallest absolute Gasteiger partial charge is 0.201 e. The number of fused-ring (bicyclic) bond motifs is 5. The second-order valence-corrected chi connectivity index (χ2v) is 9.57. The lowest BCUT2D eigenvalue weighted by Gasteiger charge is -2.60. The fraction of sp³-hybridized carbons (Fsp3) is 0.900. The van der Waals surface area contributed by atoms with Crippen LogP contribution in [0.2, 0.25) is 0 Å². The molecule has 4 aliphatic rings. The molecule has 0 aromatic rings. The highest BCUT2D eigenvalue weighted by atomic mass is 16.3. The second-order valence-electron chi connectivity index (χ2n) is 9.57. The van der Waals surface area contributed by atoms with Gasteiger partial charge >= 0.3 is 0 Å². The summed E-state index contributed by atoms with van der Waals surface area (Å²) in [6.45, 7) is 6.61. The minimum atomic E-state index is -0.543. The van der Waals surface area contributed by atoms with Crippen LogP contribution in [0.1, 0.15) is 72.1 Å². The van der Waals surface area contributed by atoms with Gasteiger partial charge in [-0.05, 0) is 80.5 Å². The van der Waals surface area contributed by atoms with Crippen LogP contribution < -0.4 is 0 Å². The number of carbonyl (C=O) groups is 2. The number of ketones is 2. The van der Waals surface area contributed by atoms with Crippen LogP contribution in [0.5, 0.6) is 0 Å². The fourth-order valence-corrected chi connectivity index (χ4v) is 7.19. The van der Waals surface area contributed by atoms with Crippen LogP contribution in [0.15, 0.2) is 0 Å². The molecule has 0 saturated heterocycles. The maximum Gasteiger partial charge on any atom is 0.201 e. The highest BCUT2D eigenvalue weighted by molar-refractivity contribution is 6.38. The molecule has 4 rings (SSSR count). The Morgan fingerprint density at radius 1 is 0.913 bits per heavy atom. The topological polar surface area (TPSA) is 54.4 Å². The van der Waals surface area contributed by atoms with E-state index in [1.165, 1.54) is 0 Å². The maximum atomic E-state index is 12.4. The zero-order valence-corrected chi connectivity index (χ0v) is 14.7. The van der Waals surface area contributed by atoms with Gasteiger partial charge in [0.05, 0.1) is 5.60 Å². The Morgan fingerprint density at radius 3 is 2.35 bits per heavy atom. The maximum absolute atomic E-state index is 12.4. The quantitative estimate of drug-likeness (QED) is 0.695. The van der Waals surface area contributed by atoms with E-state index in [0.717, 1.165) is 44.9 Å². The van der Waals surface area contributed by atoms with Crippen molar-refractivity contribution < 1.29 is 14.7 Å². The standard InChI is InChI=1S/C20H30O3/c1-18-9-8-16(21)17(22)15(18)5-4-12-13(18)6-10-19(2)14(12)7-11-20(19,3)23/h12-15,23H,4-11H2,1-3H3/t12-,13+,14+,15?,18-,19+,20+/m1/s1. The van der Waals surface area contributed by atoms with Gasteiger partial charge in [0.15, 0.2) is 5.78 Å². The average molecular weight is 318 g/mol. The predicted octanol–water partition coefficient (Wildman–Crippen LogP) is 3.53. The first kappa shape index (κ1) is 15.8. The molecular weight excluding hydrogens is 288 g/mol. The molecular formula is C20H30O3. The first-order chi connectivity index (χ1) is 10.7. The van der Waals surface area contributed by atoms with Crippen molar-refractivity contribution in [1.82, 2.24) is 0 Å². The minimum absolute atomic E-state index is 0.0175. The number of rotatable bonds is 0. The summed E-state index contributed by atoms with van der Waals surface area (Å²) in [5, 5.41) is 10.9. The predicted molar refractivity (Wildman–Crippen MR) is 87.7 cm³/mol. The number of aliphatic hydroxyl groups is 1. The van der Waals surface area contributed by atoms with Gasteiger partial charge in [-0.1, -0.05) is 13.8 Å². The van der Waals surface area contributed by atoms with E-state index < -0.39 is 5.60 Å². The van der Waals surface area contributed by atoms with Gasteiger partial charge in [-0.3, -0.25) is 9.59 Å². The Labute approximate surface area is 139 Å². The van der Waals surface area contributed by atoms with Crippen LogP contribution in [0.25, 0.3) is 0 Å². The van der Waals surface area contributed by atoms with E-state index in [0.29, 0.717) is 24.2 Å². The van der Waals surface area contributed by atoms with Crippen LogP contribution in [-0.2, 0) is 9.59 Å². The molecule has 7 atom stereocenters. The van der Waals surface area contributed by atoms with E-state index in [-0.39, 0.29) is 28.3 Å². The Kier molecular flexibility index (Phi) is 3.22. The Balaban J connectivity index is 1.68. The Morgan fingerprint density at radius 2 is 1.61 bits per heavy atom. The van der Waals surface area contributed by atoms with E-state index in [2.05, 4.69) is 13.8 Å². The van der Waals surface area contributed by atoms with E-state index in [1.807, 2.05) is 6.92 Å². The molecule has 4 aliphatic carbocycles. The van der Waals surface area contributed by atoms with E-state index >= 15 is 0 Å². The van der Waals surface area contributed by atoms with Crippen molar-refractivity contribution in [2.24, 2.45) is 34.5 Å². The van der Waals surface area contributed by atoms with Crippen LogP contribution in [0.4, 0.5) is 0 Å². The highest BCUT2D eigenvalue weighted by Crippen LogP contribution is 2.67. The van der Waals surface area contributed by atoms with Crippen LogP contribution >= 0.6 is 0 Å². The normalized spacial score (nSPS) is 56.0. The molecule has 23 heavy (non-hydrogen) atoms. The molecule has 3 heteroatoms. The monoisotopic (exact) mass is 318 g/mol. The molecule has 0 radical (unpaired) electrons. The molecule has 128 valence electrons. The van der Waals surface area contributed by atoms with Gasteiger partial charge in [0.25, 0.3) is 0 Å². The van der Waals surface area contributed by atoms with E-state index in [4.69, 9.17) is 0 Å². The lowest BCUT2D eigenvalue weighted by atomic mass is 9.44. The van der Waals surface area contributed by atoms with Gasteiger partial charge in [0.1, 0.15) is 0 Å². The summed E-state index contributed by atoms with van der Waals surface area (Å²) in [5.41, 5.74) is -0.492. The van der Waals surface area contributed by atoms with Crippen LogP contribution in [0.3, 0.4) is 0 Å². The third kappa shape index (κ3) is 1.86. The van der Waals surface area contributed by atoms with Crippen LogP contribution in [-0.4, -0.2) is 22.3 Å². The van der Waals surface area contributed by atoms with Crippen molar-refractivity contribution in [3.8, 4) is 0 Å². The molecule has 3 nitrogen and oxygen atoms in total. The van der Waals surface area contributed by atoms with Gasteiger partial charge in [0, 0.05) is 12.3 Å². The summed E-state index contributed by atoms with van der Waals surface area (Å²) < 4.78 is 0. The van der Waals surface area contributed by atoms with Crippen molar-refractivity contribution in [3.05, 3.63) is 0 Å². The lowest BCUT2D eigenvalue weighted by molar-refractivity contribution is -0.164. The van der Waals surface area contributed by atoms with Crippen LogP contribution in [0, 0.1) is 34.5 Å². The van der Waals surface area contributed by atoms with Crippen molar-refractivity contribution >= 4 is 11.6 Å². The summed E-state index contributed by atoms with van der Waals surface area (Å²) >= 11 is 0. The molecule has 0 amide bonds. The van der Waals surface area contributed by atoms with Crippen molar-refractivity contribution in [3.63, 3.8) is 0 Å². The van der Waals surface area contributed by atoms with Crippen molar-refractivity contribution in [2.75, 3.05) is 0 Å². The fourth-order valence-electron chi connectivity index (χ4n) is 7.19. The third-order valence-electron chi connectivity index (χ3n) is 8.91. The van der Waals surface area contributed by atoms with Gasteiger partial charge in [-0.15, -0.1) is 0 Å². The SMILES string of the molecule is C[C@]12CCC(=O)C(=O)C1CC[C@@H]1[C@@H]2CC[C@@]2(C)[C@H]1CC[C@]2(C)O. The highest BCUT2D eigenvalue weighted by Gasteiger charge is 2.64. The molecule has 1 N–H and O–H groups in total. The second kappa shape index (κ2) is 4.68. The summed E-state index contributed by atoms with van der Waals surface area (Å²) in [5.74, 6) is 1.53. The van der Waals surface area contributed by atoms with E-state index in [9.17, 15) is 14.7 Å². The average Bonchev–Trinajstić information content (AvgIpc) is 2.74. The van der Waals surface area contributed by atoms with Gasteiger partial charge in [-0.2, -0.15) is 0 Å². The molecule has 0 bridgehead atoms. The number of hydrogen-bond acceptors (Lipinski definition) is 3. The lowest BCUT2D eigenvalue weighted by Crippen LogP contribution is -2.57. The molecule has 0 spiro atoms. The molecule has 4 saturated carbocycles. The number of hydrogen-bond donors (Lipinski definition) is 1. The summed E-state index contributed by atoms with van der Waals surface area (Å²) in [4.78, 5) is 24.3. The largest absolute Gasteiger partial charge is 0.390 e. The summed E-state index contributed by atoms with van der Waals surface area (Å²) in [6, 6.07) is 0. The summed E-state index contributed by atoms with van der Waals surface area (Å²) in [7, 11) is 0. The zero-order valence-electron chi connectivity index (χ0n) is 14.7. The van der Waals surface area contributed by atoms with Crippen molar-refractivity contribution in [1.29, 1.82) is 0 Å². The first-order valence-corrected chi connectivity index (χ1v) is 9.50. The Hall–Kier alpha value is -0.700.